The third-order valence-electron chi connectivity index (χ3n) is 5.68. The lowest BCUT2D eigenvalue weighted by Gasteiger charge is -2.08. The van der Waals surface area contributed by atoms with Gasteiger partial charge in [0.1, 0.15) is 5.75 Å². The summed E-state index contributed by atoms with van der Waals surface area (Å²) in [4.78, 5) is 0. The van der Waals surface area contributed by atoms with E-state index in [1.165, 1.54) is 53.5 Å². The second-order valence-corrected chi connectivity index (χ2v) is 7.75. The Hall–Kier alpha value is -2.68. The van der Waals surface area contributed by atoms with Crippen molar-refractivity contribution in [3.8, 4) is 28.0 Å². The van der Waals surface area contributed by atoms with Crippen molar-refractivity contribution >= 4 is 0 Å². The highest BCUT2D eigenvalue weighted by atomic mass is 19.3. The maximum Gasteiger partial charge on any atom is 0.387 e. The number of hydrogen-bond acceptors (Lipinski definition) is 1. The van der Waals surface area contributed by atoms with Crippen LogP contribution in [0.3, 0.4) is 0 Å². The van der Waals surface area contributed by atoms with Crippen LogP contribution < -0.4 is 4.74 Å². The van der Waals surface area contributed by atoms with E-state index < -0.39 is 6.61 Å². The molecule has 3 aromatic rings. The number of alkyl halides is 2. The fraction of sp³-hybridized carbons (Fsp3) is 0.308. The maximum atomic E-state index is 12.3. The van der Waals surface area contributed by atoms with Gasteiger partial charge in [-0.1, -0.05) is 74.7 Å². The fourth-order valence-electron chi connectivity index (χ4n) is 4.18. The highest BCUT2D eigenvalue weighted by molar-refractivity contribution is 5.80. The lowest BCUT2D eigenvalue weighted by molar-refractivity contribution is -0.0498. The number of benzene rings is 3. The van der Waals surface area contributed by atoms with Gasteiger partial charge in [-0.2, -0.15) is 8.78 Å². The van der Waals surface area contributed by atoms with Crippen LogP contribution in [-0.2, 0) is 12.8 Å². The quantitative estimate of drug-likeness (QED) is 0.280. The third-order valence-corrected chi connectivity index (χ3v) is 5.68. The molecule has 0 aromatic heterocycles. The summed E-state index contributed by atoms with van der Waals surface area (Å²) in [6.45, 7) is -0.553. The molecule has 150 valence electrons. The number of aryl methyl sites for hydroxylation is 1. The van der Waals surface area contributed by atoms with E-state index in [0.717, 1.165) is 24.0 Å². The normalized spacial score (nSPS) is 12.1. The molecule has 29 heavy (non-hydrogen) atoms. The molecule has 0 unspecified atom stereocenters. The first-order chi connectivity index (χ1) is 14.1. The molecular weight excluding hydrogens is 366 g/mol. The van der Waals surface area contributed by atoms with Gasteiger partial charge in [0.05, 0.1) is 0 Å². The number of ether oxygens (including phenoxy) is 1. The SMILES string of the molecule is CCCCCCc1ccc2c(c1)Cc1cc(-c3ccc(OC(F)F)cc3)ccc1-2. The van der Waals surface area contributed by atoms with Gasteiger partial charge in [-0.05, 0) is 70.3 Å². The molecular formula is C26H26F2O. The lowest BCUT2D eigenvalue weighted by Crippen LogP contribution is -2.01. The van der Waals surface area contributed by atoms with Crippen LogP contribution in [0.25, 0.3) is 22.3 Å². The monoisotopic (exact) mass is 392 g/mol. The number of halogens is 2. The van der Waals surface area contributed by atoms with Gasteiger partial charge in [-0.3, -0.25) is 0 Å². The molecule has 3 aromatic carbocycles. The van der Waals surface area contributed by atoms with Gasteiger partial charge >= 0.3 is 6.61 Å². The van der Waals surface area contributed by atoms with E-state index in [0.29, 0.717) is 0 Å². The van der Waals surface area contributed by atoms with Crippen LogP contribution in [0.5, 0.6) is 5.75 Å². The Labute approximate surface area is 171 Å². The molecule has 0 spiro atoms. The Bertz CT molecular complexity index is 976. The zero-order valence-electron chi connectivity index (χ0n) is 16.8. The Balaban J connectivity index is 1.50. The molecule has 0 saturated carbocycles. The molecule has 1 aliphatic rings. The van der Waals surface area contributed by atoms with Crippen molar-refractivity contribution < 1.29 is 13.5 Å². The zero-order valence-corrected chi connectivity index (χ0v) is 16.8. The Morgan fingerprint density at radius 1 is 0.793 bits per heavy atom. The number of hydrogen-bond donors (Lipinski definition) is 0. The van der Waals surface area contributed by atoms with Gasteiger partial charge in [0.2, 0.25) is 0 Å². The van der Waals surface area contributed by atoms with Crippen molar-refractivity contribution in [2.45, 2.75) is 52.1 Å². The van der Waals surface area contributed by atoms with Gasteiger partial charge in [0.25, 0.3) is 0 Å². The van der Waals surface area contributed by atoms with Gasteiger partial charge < -0.3 is 4.74 Å². The smallest absolute Gasteiger partial charge is 0.387 e. The number of rotatable bonds is 8. The van der Waals surface area contributed by atoms with Crippen LogP contribution in [0.4, 0.5) is 8.78 Å². The van der Waals surface area contributed by atoms with Crippen molar-refractivity contribution in [2.75, 3.05) is 0 Å². The van der Waals surface area contributed by atoms with Crippen molar-refractivity contribution in [3.63, 3.8) is 0 Å². The van der Waals surface area contributed by atoms with Gasteiger partial charge in [-0.25, -0.2) is 0 Å². The summed E-state index contributed by atoms with van der Waals surface area (Å²) in [6.07, 6.45) is 7.25. The van der Waals surface area contributed by atoms with Crippen LogP contribution in [-0.4, -0.2) is 6.61 Å². The van der Waals surface area contributed by atoms with Crippen LogP contribution in [0.2, 0.25) is 0 Å². The van der Waals surface area contributed by atoms with Crippen molar-refractivity contribution in [1.82, 2.24) is 0 Å². The molecule has 3 heteroatoms. The molecule has 0 heterocycles. The van der Waals surface area contributed by atoms with Gasteiger partial charge in [0, 0.05) is 0 Å². The molecule has 1 nitrogen and oxygen atoms in total. The fourth-order valence-corrected chi connectivity index (χ4v) is 4.18. The molecule has 1 aliphatic carbocycles. The van der Waals surface area contributed by atoms with E-state index in [2.05, 4.69) is 48.1 Å². The van der Waals surface area contributed by atoms with Gasteiger partial charge in [0.15, 0.2) is 0 Å². The first-order valence-corrected chi connectivity index (χ1v) is 10.4. The molecule has 0 bridgehead atoms. The standard InChI is InChI=1S/C26H26F2O/c1-2-3-4-5-6-18-7-13-24-21(15-18)17-22-16-20(10-14-25(22)24)19-8-11-23(12-9-19)29-26(27)28/h7-16,26H,2-6,17H2,1H3. The average Bonchev–Trinajstić information content (AvgIpc) is 3.08. The maximum absolute atomic E-state index is 12.3. The first-order valence-electron chi connectivity index (χ1n) is 10.4. The van der Waals surface area contributed by atoms with Crippen LogP contribution in [0, 0.1) is 0 Å². The Morgan fingerprint density at radius 3 is 2.21 bits per heavy atom. The summed E-state index contributed by atoms with van der Waals surface area (Å²) in [5.74, 6) is 0.184. The van der Waals surface area contributed by atoms with Crippen molar-refractivity contribution in [1.29, 1.82) is 0 Å². The minimum absolute atomic E-state index is 0.184. The highest BCUT2D eigenvalue weighted by Gasteiger charge is 2.19. The molecule has 0 saturated heterocycles. The zero-order chi connectivity index (χ0) is 20.2. The summed E-state index contributed by atoms with van der Waals surface area (Å²) in [7, 11) is 0. The second-order valence-electron chi connectivity index (χ2n) is 7.75. The van der Waals surface area contributed by atoms with Crippen LogP contribution >= 0.6 is 0 Å². The lowest BCUT2D eigenvalue weighted by atomic mass is 9.98. The number of fused-ring (bicyclic) bond motifs is 3. The van der Waals surface area contributed by atoms with Crippen LogP contribution in [0.15, 0.2) is 60.7 Å². The largest absolute Gasteiger partial charge is 0.435 e. The third kappa shape index (κ3) is 4.50. The molecule has 0 fully saturated rings. The topological polar surface area (TPSA) is 9.23 Å². The summed E-state index contributed by atoms with van der Waals surface area (Å²) in [6, 6.07) is 20.3. The molecule has 0 radical (unpaired) electrons. The predicted octanol–water partition coefficient (Wildman–Crippen LogP) is 7.65. The average molecular weight is 392 g/mol. The van der Waals surface area contributed by atoms with E-state index in [9.17, 15) is 8.78 Å². The molecule has 0 aliphatic heterocycles. The van der Waals surface area contributed by atoms with E-state index >= 15 is 0 Å². The Morgan fingerprint density at radius 2 is 1.48 bits per heavy atom. The van der Waals surface area contributed by atoms with E-state index in [-0.39, 0.29) is 5.75 Å². The summed E-state index contributed by atoms with van der Waals surface area (Å²) in [5, 5.41) is 0. The molecule has 0 amide bonds. The highest BCUT2D eigenvalue weighted by Crippen LogP contribution is 2.39. The van der Waals surface area contributed by atoms with Gasteiger partial charge in [-0.15, -0.1) is 0 Å². The minimum atomic E-state index is -2.80. The van der Waals surface area contributed by atoms with E-state index in [4.69, 9.17) is 0 Å². The molecule has 4 rings (SSSR count). The summed E-state index contributed by atoms with van der Waals surface area (Å²) < 4.78 is 29.1. The van der Waals surface area contributed by atoms with Crippen LogP contribution in [0.1, 0.15) is 49.3 Å². The van der Waals surface area contributed by atoms with E-state index in [1.54, 1.807) is 12.1 Å². The predicted molar refractivity (Wildman–Crippen MR) is 115 cm³/mol. The van der Waals surface area contributed by atoms with Crippen molar-refractivity contribution in [2.24, 2.45) is 0 Å². The second kappa shape index (κ2) is 8.77. The van der Waals surface area contributed by atoms with E-state index in [1.807, 2.05) is 12.1 Å². The Kier molecular flexibility index (Phi) is 5.94. The number of unbranched alkanes of at least 4 members (excludes halogenated alkanes) is 3. The summed E-state index contributed by atoms with van der Waals surface area (Å²) >= 11 is 0. The molecule has 0 N–H and O–H groups in total. The molecule has 0 atom stereocenters. The van der Waals surface area contributed by atoms with Crippen molar-refractivity contribution in [3.05, 3.63) is 77.4 Å². The first kappa shape index (κ1) is 19.6. The minimum Gasteiger partial charge on any atom is -0.435 e. The summed E-state index contributed by atoms with van der Waals surface area (Å²) in [5.41, 5.74) is 8.91.